The summed E-state index contributed by atoms with van der Waals surface area (Å²) in [5, 5.41) is 13.3. The van der Waals surface area contributed by atoms with Crippen molar-refractivity contribution in [2.45, 2.75) is 0 Å². The Balaban J connectivity index is 1.81. The van der Waals surface area contributed by atoms with E-state index in [2.05, 4.69) is 36.5 Å². The second-order valence-electron chi connectivity index (χ2n) is 4.05. The van der Waals surface area contributed by atoms with Gasteiger partial charge in [-0.25, -0.2) is 4.68 Å². The van der Waals surface area contributed by atoms with Gasteiger partial charge in [-0.1, -0.05) is 22.0 Å². The van der Waals surface area contributed by atoms with Crippen molar-refractivity contribution in [1.82, 2.24) is 20.0 Å². The Morgan fingerprint density at radius 3 is 2.95 bits per heavy atom. The Morgan fingerprint density at radius 1 is 1.30 bits per heavy atom. The predicted octanol–water partition coefficient (Wildman–Crippen LogP) is 2.61. The fraction of sp³-hybridized carbons (Fsp3) is 0. The molecule has 0 aliphatic carbocycles. The van der Waals surface area contributed by atoms with Crippen LogP contribution in [0.2, 0.25) is 0 Å². The zero-order valence-corrected chi connectivity index (χ0v) is 11.8. The molecule has 2 N–H and O–H groups in total. The van der Waals surface area contributed by atoms with Gasteiger partial charge in [-0.2, -0.15) is 10.2 Å². The Morgan fingerprint density at radius 2 is 2.20 bits per heavy atom. The molecule has 0 bridgehead atoms. The molecule has 2 aromatic heterocycles. The molecule has 0 saturated heterocycles. The van der Waals surface area contributed by atoms with Crippen LogP contribution in [0, 0.1) is 0 Å². The van der Waals surface area contributed by atoms with Gasteiger partial charge in [0.05, 0.1) is 11.9 Å². The van der Waals surface area contributed by atoms with Gasteiger partial charge in [-0.15, -0.1) is 0 Å². The molecule has 1 amide bonds. The Hall–Kier alpha value is -2.41. The molecule has 0 radical (unpaired) electrons. The third-order valence-corrected chi connectivity index (χ3v) is 3.14. The van der Waals surface area contributed by atoms with Gasteiger partial charge < -0.3 is 5.32 Å². The maximum Gasteiger partial charge on any atom is 0.277 e. The summed E-state index contributed by atoms with van der Waals surface area (Å²) in [7, 11) is 0. The van der Waals surface area contributed by atoms with Gasteiger partial charge in [-0.05, 0) is 24.3 Å². The zero-order chi connectivity index (χ0) is 13.9. The van der Waals surface area contributed by atoms with Gasteiger partial charge in [0.25, 0.3) is 5.91 Å². The number of hydrogen-bond donors (Lipinski definition) is 2. The highest BCUT2D eigenvalue weighted by Gasteiger charge is 2.11. The van der Waals surface area contributed by atoms with E-state index in [0.29, 0.717) is 11.5 Å². The van der Waals surface area contributed by atoms with Crippen molar-refractivity contribution >= 4 is 27.7 Å². The van der Waals surface area contributed by atoms with Gasteiger partial charge in [0.1, 0.15) is 5.82 Å². The topological polar surface area (TPSA) is 75.6 Å². The molecule has 0 unspecified atom stereocenters. The first-order chi connectivity index (χ1) is 9.72. The van der Waals surface area contributed by atoms with Gasteiger partial charge in [0.2, 0.25) is 0 Å². The standard InChI is InChI=1S/C13H10BrN5O/c14-9-2-1-3-10(8-9)19-7-5-11(18-19)13(20)16-12-4-6-15-17-12/h1-8H,(H2,15,16,17,20). The lowest BCUT2D eigenvalue weighted by molar-refractivity contribution is 0.102. The van der Waals surface area contributed by atoms with Crippen LogP contribution in [0.1, 0.15) is 10.5 Å². The smallest absolute Gasteiger partial charge is 0.277 e. The highest BCUT2D eigenvalue weighted by molar-refractivity contribution is 9.10. The minimum absolute atomic E-state index is 0.289. The van der Waals surface area contributed by atoms with Crippen LogP contribution in [0.4, 0.5) is 5.82 Å². The molecule has 6 nitrogen and oxygen atoms in total. The largest absolute Gasteiger partial charge is 0.306 e. The number of aromatic nitrogens is 4. The average molecular weight is 332 g/mol. The molecule has 2 heterocycles. The quantitative estimate of drug-likeness (QED) is 0.774. The number of carbonyl (C=O) groups is 1. The van der Waals surface area contributed by atoms with Crippen molar-refractivity contribution in [2.75, 3.05) is 5.32 Å². The van der Waals surface area contributed by atoms with Crippen molar-refractivity contribution in [3.05, 3.63) is 59.0 Å². The second-order valence-corrected chi connectivity index (χ2v) is 4.97. The summed E-state index contributed by atoms with van der Waals surface area (Å²) in [6.45, 7) is 0. The number of carbonyl (C=O) groups excluding carboxylic acids is 1. The molecule has 0 spiro atoms. The lowest BCUT2D eigenvalue weighted by Gasteiger charge is -2.02. The normalized spacial score (nSPS) is 10.4. The number of H-pyrrole nitrogens is 1. The van der Waals surface area contributed by atoms with Crippen molar-refractivity contribution in [1.29, 1.82) is 0 Å². The first-order valence-electron chi connectivity index (χ1n) is 5.85. The number of nitrogens with one attached hydrogen (secondary N) is 2. The summed E-state index contributed by atoms with van der Waals surface area (Å²) < 4.78 is 2.60. The third kappa shape index (κ3) is 2.62. The monoisotopic (exact) mass is 331 g/mol. The maximum absolute atomic E-state index is 12.0. The van der Waals surface area contributed by atoms with E-state index in [9.17, 15) is 4.79 Å². The van der Waals surface area contributed by atoms with Crippen molar-refractivity contribution in [3.63, 3.8) is 0 Å². The molecule has 0 aliphatic rings. The first-order valence-corrected chi connectivity index (χ1v) is 6.64. The number of nitrogens with zero attached hydrogens (tertiary/aromatic N) is 3. The molecular formula is C13H10BrN5O. The van der Waals surface area contributed by atoms with Gasteiger partial charge in [-0.3, -0.25) is 9.89 Å². The fourth-order valence-electron chi connectivity index (χ4n) is 1.72. The van der Waals surface area contributed by atoms with E-state index in [0.717, 1.165) is 10.2 Å². The molecule has 7 heteroatoms. The first kappa shape index (κ1) is 12.6. The summed E-state index contributed by atoms with van der Waals surface area (Å²) in [5.74, 6) is 0.245. The van der Waals surface area contributed by atoms with Crippen LogP contribution >= 0.6 is 15.9 Å². The van der Waals surface area contributed by atoms with Gasteiger partial charge >= 0.3 is 0 Å². The lowest BCUT2D eigenvalue weighted by atomic mass is 10.3. The number of rotatable bonds is 3. The Kier molecular flexibility index (Phi) is 3.34. The number of hydrogen-bond acceptors (Lipinski definition) is 3. The average Bonchev–Trinajstić information content (AvgIpc) is 3.09. The third-order valence-electron chi connectivity index (χ3n) is 2.64. The molecule has 0 fully saturated rings. The predicted molar refractivity (Wildman–Crippen MR) is 77.8 cm³/mol. The van der Waals surface area contributed by atoms with E-state index < -0.39 is 0 Å². The van der Waals surface area contributed by atoms with Crippen LogP contribution in [-0.2, 0) is 0 Å². The molecule has 1 aromatic carbocycles. The Labute approximate surface area is 122 Å². The molecule has 100 valence electrons. The highest BCUT2D eigenvalue weighted by atomic mass is 79.9. The SMILES string of the molecule is O=C(Nc1ccn[nH]1)c1ccn(-c2cccc(Br)c2)n1. The molecule has 0 aliphatic heterocycles. The fourth-order valence-corrected chi connectivity index (χ4v) is 2.11. The molecule has 0 saturated carbocycles. The van der Waals surface area contributed by atoms with Crippen molar-refractivity contribution in [2.24, 2.45) is 0 Å². The number of benzene rings is 1. The van der Waals surface area contributed by atoms with Crippen LogP contribution in [0.15, 0.2) is 53.3 Å². The minimum Gasteiger partial charge on any atom is -0.306 e. The maximum atomic E-state index is 12.0. The van der Waals surface area contributed by atoms with E-state index in [4.69, 9.17) is 0 Å². The summed E-state index contributed by atoms with van der Waals surface area (Å²) >= 11 is 3.40. The molecule has 20 heavy (non-hydrogen) atoms. The minimum atomic E-state index is -0.289. The Bertz CT molecular complexity index is 735. The van der Waals surface area contributed by atoms with Crippen LogP contribution in [0.25, 0.3) is 5.69 Å². The van der Waals surface area contributed by atoms with E-state index in [1.165, 1.54) is 0 Å². The molecule has 3 rings (SSSR count). The highest BCUT2D eigenvalue weighted by Crippen LogP contribution is 2.15. The number of anilines is 1. The van der Waals surface area contributed by atoms with Crippen LogP contribution in [-0.4, -0.2) is 25.9 Å². The molecular weight excluding hydrogens is 322 g/mol. The number of amides is 1. The summed E-state index contributed by atoms with van der Waals surface area (Å²) in [4.78, 5) is 12.0. The molecule has 0 atom stereocenters. The van der Waals surface area contributed by atoms with Crippen LogP contribution in [0.5, 0.6) is 0 Å². The van der Waals surface area contributed by atoms with E-state index >= 15 is 0 Å². The number of halogens is 1. The van der Waals surface area contributed by atoms with E-state index in [-0.39, 0.29) is 5.91 Å². The van der Waals surface area contributed by atoms with E-state index in [1.807, 2.05) is 24.3 Å². The van der Waals surface area contributed by atoms with Gasteiger partial charge in [0.15, 0.2) is 5.69 Å². The lowest BCUT2D eigenvalue weighted by Crippen LogP contribution is -2.13. The number of aromatic amines is 1. The van der Waals surface area contributed by atoms with Gasteiger partial charge in [0, 0.05) is 16.7 Å². The van der Waals surface area contributed by atoms with E-state index in [1.54, 1.807) is 29.2 Å². The van der Waals surface area contributed by atoms with Crippen molar-refractivity contribution < 1.29 is 4.79 Å². The second kappa shape index (κ2) is 5.30. The van der Waals surface area contributed by atoms with Crippen LogP contribution in [0.3, 0.4) is 0 Å². The zero-order valence-electron chi connectivity index (χ0n) is 10.2. The van der Waals surface area contributed by atoms with Crippen molar-refractivity contribution in [3.8, 4) is 5.69 Å². The molecule has 3 aromatic rings. The summed E-state index contributed by atoms with van der Waals surface area (Å²) in [5.41, 5.74) is 1.21. The van der Waals surface area contributed by atoms with Crippen LogP contribution < -0.4 is 5.32 Å². The summed E-state index contributed by atoms with van der Waals surface area (Å²) in [6, 6.07) is 11.0. The summed E-state index contributed by atoms with van der Waals surface area (Å²) in [6.07, 6.45) is 3.30.